The van der Waals surface area contributed by atoms with Gasteiger partial charge < -0.3 is 5.32 Å². The molecule has 0 radical (unpaired) electrons. The molecule has 80 valence electrons. The first-order chi connectivity index (χ1) is 6.55. The smallest absolute Gasteiger partial charge is 0.220 e. The number of hydrogen-bond donors (Lipinski definition) is 1. The molecule has 2 heteroatoms. The van der Waals surface area contributed by atoms with Gasteiger partial charge in [-0.05, 0) is 43.4 Å². The summed E-state index contributed by atoms with van der Waals surface area (Å²) in [4.78, 5) is 11.5. The predicted molar refractivity (Wildman–Crippen MR) is 56.9 cm³/mol. The van der Waals surface area contributed by atoms with Crippen LogP contribution in [0.4, 0.5) is 0 Å². The molecule has 0 aliphatic heterocycles. The van der Waals surface area contributed by atoms with Crippen molar-refractivity contribution in [2.75, 3.05) is 0 Å². The van der Waals surface area contributed by atoms with Gasteiger partial charge >= 0.3 is 0 Å². The Labute approximate surface area is 86.5 Å². The molecule has 0 aromatic heterocycles. The van der Waals surface area contributed by atoms with Gasteiger partial charge in [0.15, 0.2) is 0 Å². The van der Waals surface area contributed by atoms with Crippen LogP contribution >= 0.6 is 0 Å². The zero-order valence-corrected chi connectivity index (χ0v) is 9.31. The van der Waals surface area contributed by atoms with E-state index in [0.717, 1.165) is 12.8 Å². The van der Waals surface area contributed by atoms with E-state index >= 15 is 0 Å². The van der Waals surface area contributed by atoms with Gasteiger partial charge in [-0.2, -0.15) is 0 Å². The second-order valence-electron chi connectivity index (χ2n) is 5.82. The van der Waals surface area contributed by atoms with Gasteiger partial charge in [0.2, 0.25) is 5.91 Å². The first-order valence-corrected chi connectivity index (χ1v) is 5.84. The fourth-order valence-corrected chi connectivity index (χ4v) is 2.43. The van der Waals surface area contributed by atoms with Crippen molar-refractivity contribution in [1.29, 1.82) is 0 Å². The van der Waals surface area contributed by atoms with Gasteiger partial charge in [0, 0.05) is 12.5 Å². The molecule has 2 aliphatic rings. The fourth-order valence-electron chi connectivity index (χ4n) is 2.43. The average molecular weight is 195 g/mol. The van der Waals surface area contributed by atoms with E-state index in [1.54, 1.807) is 0 Å². The van der Waals surface area contributed by atoms with Crippen LogP contribution in [0.2, 0.25) is 0 Å². The van der Waals surface area contributed by atoms with Crippen LogP contribution in [0.5, 0.6) is 0 Å². The molecule has 0 spiro atoms. The van der Waals surface area contributed by atoms with Crippen molar-refractivity contribution in [2.24, 2.45) is 11.3 Å². The molecule has 0 heterocycles. The van der Waals surface area contributed by atoms with E-state index in [0.29, 0.717) is 17.4 Å². The van der Waals surface area contributed by atoms with E-state index in [-0.39, 0.29) is 5.91 Å². The van der Waals surface area contributed by atoms with Crippen molar-refractivity contribution in [2.45, 2.75) is 58.4 Å². The summed E-state index contributed by atoms with van der Waals surface area (Å²) in [7, 11) is 0. The molecule has 0 saturated heterocycles. The molecule has 0 aromatic carbocycles. The summed E-state index contributed by atoms with van der Waals surface area (Å²) in [5, 5.41) is 3.17. The summed E-state index contributed by atoms with van der Waals surface area (Å²) >= 11 is 0. The fraction of sp³-hybridized carbons (Fsp3) is 0.917. The molecule has 1 amide bonds. The number of amides is 1. The normalized spacial score (nSPS) is 30.3. The molecule has 2 nitrogen and oxygen atoms in total. The molecule has 0 aromatic rings. The summed E-state index contributed by atoms with van der Waals surface area (Å²) in [6.07, 6.45) is 6.89. The number of hydrogen-bond acceptors (Lipinski definition) is 1. The number of carbonyl (C=O) groups excluding carboxylic acids is 1. The Balaban J connectivity index is 1.72. The van der Waals surface area contributed by atoms with E-state index in [2.05, 4.69) is 19.2 Å². The monoisotopic (exact) mass is 195 g/mol. The van der Waals surface area contributed by atoms with Crippen LogP contribution in [-0.2, 0) is 4.79 Å². The predicted octanol–water partition coefficient (Wildman–Crippen LogP) is 2.48. The van der Waals surface area contributed by atoms with Crippen LogP contribution in [0, 0.1) is 11.3 Å². The molecule has 2 aliphatic carbocycles. The summed E-state index contributed by atoms with van der Waals surface area (Å²) in [5.41, 5.74) is 0.442. The van der Waals surface area contributed by atoms with Crippen LogP contribution in [-0.4, -0.2) is 11.9 Å². The summed E-state index contributed by atoms with van der Waals surface area (Å²) in [6, 6.07) is 0.455. The third-order valence-electron chi connectivity index (χ3n) is 3.50. The Hall–Kier alpha value is -0.530. The van der Waals surface area contributed by atoms with Gasteiger partial charge in [-0.3, -0.25) is 4.79 Å². The van der Waals surface area contributed by atoms with Crippen molar-refractivity contribution in [1.82, 2.24) is 5.32 Å². The molecular weight excluding hydrogens is 174 g/mol. The lowest BCUT2D eigenvalue weighted by Gasteiger charge is -2.17. The Bertz CT molecular complexity index is 230. The van der Waals surface area contributed by atoms with Gasteiger partial charge in [0.05, 0.1) is 0 Å². The van der Waals surface area contributed by atoms with E-state index in [1.165, 1.54) is 25.7 Å². The summed E-state index contributed by atoms with van der Waals surface area (Å²) < 4.78 is 0. The van der Waals surface area contributed by atoms with Crippen LogP contribution in [0.3, 0.4) is 0 Å². The SMILES string of the molecule is CC1(C)CCC(NC(=O)CC2CC2)C1. The quantitative estimate of drug-likeness (QED) is 0.736. The average Bonchev–Trinajstić information content (AvgIpc) is 2.78. The molecule has 14 heavy (non-hydrogen) atoms. The van der Waals surface area contributed by atoms with E-state index < -0.39 is 0 Å². The Morgan fingerprint density at radius 2 is 2.07 bits per heavy atom. The highest BCUT2D eigenvalue weighted by Crippen LogP contribution is 2.37. The lowest BCUT2D eigenvalue weighted by atomic mass is 9.92. The molecule has 2 fully saturated rings. The topological polar surface area (TPSA) is 29.1 Å². The third kappa shape index (κ3) is 2.73. The molecule has 2 rings (SSSR count). The van der Waals surface area contributed by atoms with Crippen LogP contribution in [0.1, 0.15) is 52.4 Å². The molecule has 2 saturated carbocycles. The molecule has 1 atom stereocenters. The zero-order chi connectivity index (χ0) is 10.2. The lowest BCUT2D eigenvalue weighted by molar-refractivity contribution is -0.122. The maximum atomic E-state index is 11.5. The largest absolute Gasteiger partial charge is 0.353 e. The molecular formula is C12H21NO. The van der Waals surface area contributed by atoms with E-state index in [9.17, 15) is 4.79 Å². The van der Waals surface area contributed by atoms with Crippen LogP contribution < -0.4 is 5.32 Å². The van der Waals surface area contributed by atoms with Crippen LogP contribution in [0.25, 0.3) is 0 Å². The standard InChI is InChI=1S/C12H21NO/c1-12(2)6-5-10(8-12)13-11(14)7-9-3-4-9/h9-10H,3-8H2,1-2H3,(H,13,14). The minimum Gasteiger partial charge on any atom is -0.353 e. The number of rotatable bonds is 3. The Morgan fingerprint density at radius 1 is 1.36 bits per heavy atom. The Kier molecular flexibility index (Phi) is 2.54. The molecule has 0 bridgehead atoms. The van der Waals surface area contributed by atoms with Gasteiger partial charge in [-0.1, -0.05) is 13.8 Å². The van der Waals surface area contributed by atoms with Crippen molar-refractivity contribution >= 4 is 5.91 Å². The van der Waals surface area contributed by atoms with Gasteiger partial charge in [-0.25, -0.2) is 0 Å². The highest BCUT2D eigenvalue weighted by molar-refractivity contribution is 5.76. The first kappa shape index (κ1) is 10.0. The van der Waals surface area contributed by atoms with E-state index in [4.69, 9.17) is 0 Å². The second kappa shape index (κ2) is 3.56. The highest BCUT2D eigenvalue weighted by atomic mass is 16.1. The number of nitrogens with one attached hydrogen (secondary N) is 1. The Morgan fingerprint density at radius 3 is 2.57 bits per heavy atom. The maximum absolute atomic E-state index is 11.5. The summed E-state index contributed by atoms with van der Waals surface area (Å²) in [6.45, 7) is 4.58. The van der Waals surface area contributed by atoms with Crippen molar-refractivity contribution in [3.8, 4) is 0 Å². The van der Waals surface area contributed by atoms with Crippen molar-refractivity contribution in [3.63, 3.8) is 0 Å². The second-order valence-corrected chi connectivity index (χ2v) is 5.82. The van der Waals surface area contributed by atoms with Crippen molar-refractivity contribution in [3.05, 3.63) is 0 Å². The minimum atomic E-state index is 0.287. The first-order valence-electron chi connectivity index (χ1n) is 5.84. The maximum Gasteiger partial charge on any atom is 0.220 e. The number of carbonyl (C=O) groups is 1. The lowest BCUT2D eigenvalue weighted by Crippen LogP contribution is -2.33. The van der Waals surface area contributed by atoms with Gasteiger partial charge in [0.25, 0.3) is 0 Å². The minimum absolute atomic E-state index is 0.287. The van der Waals surface area contributed by atoms with E-state index in [1.807, 2.05) is 0 Å². The van der Waals surface area contributed by atoms with Gasteiger partial charge in [0.1, 0.15) is 0 Å². The third-order valence-corrected chi connectivity index (χ3v) is 3.50. The van der Waals surface area contributed by atoms with Gasteiger partial charge in [-0.15, -0.1) is 0 Å². The highest BCUT2D eigenvalue weighted by Gasteiger charge is 2.32. The summed E-state index contributed by atoms with van der Waals surface area (Å²) in [5.74, 6) is 1.000. The van der Waals surface area contributed by atoms with Crippen LogP contribution in [0.15, 0.2) is 0 Å². The zero-order valence-electron chi connectivity index (χ0n) is 9.31. The van der Waals surface area contributed by atoms with Crippen molar-refractivity contribution < 1.29 is 4.79 Å². The molecule has 1 N–H and O–H groups in total. The molecule has 1 unspecified atom stereocenters.